The molecule has 0 aromatic carbocycles. The van der Waals surface area contributed by atoms with E-state index in [0.717, 1.165) is 54.7 Å². The minimum Gasteiger partial charge on any atom is -0.475 e. The number of hydrogen-bond acceptors (Lipinski definition) is 6. The number of nitrogens with zero attached hydrogens (tertiary/aromatic N) is 3. The van der Waals surface area contributed by atoms with Crippen molar-refractivity contribution in [3.05, 3.63) is 39.2 Å². The van der Waals surface area contributed by atoms with Crippen LogP contribution in [0.5, 0.6) is 0 Å². The Morgan fingerprint density at radius 1 is 1.20 bits per heavy atom. The molecule has 35 heavy (non-hydrogen) atoms. The molecule has 2 aromatic heterocycles. The molecule has 2 aromatic rings. The minimum atomic E-state index is -5.08. The summed E-state index contributed by atoms with van der Waals surface area (Å²) >= 11 is 1.78. The summed E-state index contributed by atoms with van der Waals surface area (Å²) in [6.45, 7) is 14.0. The van der Waals surface area contributed by atoms with Gasteiger partial charge in [-0.05, 0) is 39.2 Å². The van der Waals surface area contributed by atoms with Gasteiger partial charge in [0.25, 0.3) is 5.91 Å². The van der Waals surface area contributed by atoms with E-state index in [1.54, 1.807) is 11.3 Å². The van der Waals surface area contributed by atoms with Crippen LogP contribution >= 0.6 is 11.3 Å². The van der Waals surface area contributed by atoms with Crippen molar-refractivity contribution in [2.24, 2.45) is 0 Å². The van der Waals surface area contributed by atoms with Crippen LogP contribution in [0.15, 0.2) is 16.7 Å². The molecule has 0 radical (unpaired) electrons. The predicted octanol–water partition coefficient (Wildman–Crippen LogP) is 5.16. The Morgan fingerprint density at radius 2 is 1.86 bits per heavy atom. The third kappa shape index (κ3) is 6.24. The molecule has 1 spiro atoms. The fourth-order valence-corrected chi connectivity index (χ4v) is 5.29. The number of aliphatic carboxylic acids is 1. The smallest absolute Gasteiger partial charge is 0.475 e. The highest BCUT2D eigenvalue weighted by Crippen LogP contribution is 2.40. The van der Waals surface area contributed by atoms with Gasteiger partial charge in [0.15, 0.2) is 0 Å². The van der Waals surface area contributed by atoms with Gasteiger partial charge in [-0.3, -0.25) is 9.69 Å². The number of carboxylic acids is 1. The first-order valence-corrected chi connectivity index (χ1v) is 12.3. The Morgan fingerprint density at radius 3 is 2.31 bits per heavy atom. The van der Waals surface area contributed by atoms with E-state index in [1.807, 2.05) is 19.2 Å². The molecule has 2 aliphatic rings. The molecule has 0 aliphatic carbocycles. The average molecular weight is 516 g/mol. The van der Waals surface area contributed by atoms with Crippen LogP contribution in [0.25, 0.3) is 0 Å². The third-order valence-corrected chi connectivity index (χ3v) is 7.40. The van der Waals surface area contributed by atoms with Gasteiger partial charge in [0.2, 0.25) is 0 Å². The number of aromatic nitrogens is 1. The van der Waals surface area contributed by atoms with Crippen molar-refractivity contribution in [1.82, 2.24) is 14.8 Å². The van der Waals surface area contributed by atoms with E-state index in [2.05, 4.69) is 42.5 Å². The van der Waals surface area contributed by atoms with E-state index >= 15 is 0 Å². The van der Waals surface area contributed by atoms with Gasteiger partial charge in [0.05, 0.1) is 10.6 Å². The Kier molecular flexibility index (Phi) is 7.71. The first-order valence-electron chi connectivity index (χ1n) is 11.5. The average Bonchev–Trinajstić information content (AvgIpc) is 3.35. The molecule has 1 amide bonds. The summed E-state index contributed by atoms with van der Waals surface area (Å²) in [5.74, 6) is -1.02. The maximum absolute atomic E-state index is 13.3. The van der Waals surface area contributed by atoms with Crippen LogP contribution in [0.2, 0.25) is 0 Å². The van der Waals surface area contributed by atoms with Crippen molar-refractivity contribution in [1.29, 1.82) is 0 Å². The molecule has 2 saturated heterocycles. The quantitative estimate of drug-likeness (QED) is 0.607. The largest absolute Gasteiger partial charge is 0.490 e. The molecule has 1 atom stereocenters. The molecule has 4 heterocycles. The molecular weight excluding hydrogens is 483 g/mol. The molecule has 2 fully saturated rings. The number of carboxylic acid groups (broad SMARTS) is 1. The first-order chi connectivity index (χ1) is 16.1. The van der Waals surface area contributed by atoms with Crippen LogP contribution in [0.4, 0.5) is 13.2 Å². The molecule has 0 saturated carbocycles. The van der Waals surface area contributed by atoms with Crippen LogP contribution < -0.4 is 0 Å². The lowest BCUT2D eigenvalue weighted by Gasteiger charge is -2.57. The van der Waals surface area contributed by atoms with E-state index < -0.39 is 12.1 Å². The summed E-state index contributed by atoms with van der Waals surface area (Å²) in [6, 6.07) is 1.96. The number of carbonyl (C=O) groups is 2. The van der Waals surface area contributed by atoms with Crippen LogP contribution in [0.3, 0.4) is 0 Å². The summed E-state index contributed by atoms with van der Waals surface area (Å²) in [5.41, 5.74) is 0.770. The SMILES string of the molecule is Cc1ncc(CN2CCC23CCCN(C(=O)c2cc(C(C)(C)C)oc2C)C3)s1.O=C(O)C(F)(F)F. The molecule has 194 valence electrons. The Balaban J connectivity index is 0.000000429. The van der Waals surface area contributed by atoms with Crippen LogP contribution in [-0.4, -0.2) is 63.1 Å². The zero-order chi connectivity index (χ0) is 26.2. The van der Waals surface area contributed by atoms with E-state index in [1.165, 1.54) is 17.7 Å². The molecule has 1 N–H and O–H groups in total. The lowest BCUT2D eigenvalue weighted by atomic mass is 9.77. The standard InChI is InChI=1S/C22H31N3O2S.C2HF3O2/c1-15-18(11-19(27-15)21(3,4)5)20(26)24-9-6-7-22(14-24)8-10-25(22)13-17-12-23-16(2)28-17;3-2(4,5)1(6)7/h11-12H,6-10,13-14H2,1-5H3;(H,6,7). The van der Waals surface area contributed by atoms with E-state index in [0.29, 0.717) is 0 Å². The molecule has 7 nitrogen and oxygen atoms in total. The lowest BCUT2D eigenvalue weighted by Crippen LogP contribution is -2.66. The van der Waals surface area contributed by atoms with E-state index in [9.17, 15) is 18.0 Å². The van der Waals surface area contributed by atoms with Crippen molar-refractivity contribution in [2.45, 2.75) is 77.6 Å². The number of hydrogen-bond donors (Lipinski definition) is 1. The number of furan rings is 1. The zero-order valence-electron chi connectivity index (χ0n) is 20.7. The summed E-state index contributed by atoms with van der Waals surface area (Å²) in [4.78, 5) is 32.5. The van der Waals surface area contributed by atoms with Gasteiger partial charge in [-0.25, -0.2) is 9.78 Å². The highest BCUT2D eigenvalue weighted by atomic mass is 32.1. The highest BCUT2D eigenvalue weighted by molar-refractivity contribution is 7.11. The van der Waals surface area contributed by atoms with Crippen molar-refractivity contribution < 1.29 is 32.3 Å². The van der Waals surface area contributed by atoms with Gasteiger partial charge in [-0.1, -0.05) is 20.8 Å². The Bertz CT molecular complexity index is 1070. The van der Waals surface area contributed by atoms with E-state index in [4.69, 9.17) is 14.3 Å². The summed E-state index contributed by atoms with van der Waals surface area (Å²) in [6.07, 6.45) is 0.325. The second-order valence-corrected chi connectivity index (χ2v) is 11.5. The molecule has 1 unspecified atom stereocenters. The fourth-order valence-electron chi connectivity index (χ4n) is 4.48. The summed E-state index contributed by atoms with van der Waals surface area (Å²) in [5, 5.41) is 8.25. The van der Waals surface area contributed by atoms with Crippen molar-refractivity contribution in [3.63, 3.8) is 0 Å². The minimum absolute atomic E-state index is 0.0932. The summed E-state index contributed by atoms with van der Waals surface area (Å²) < 4.78 is 37.7. The van der Waals surface area contributed by atoms with Gasteiger partial charge in [-0.2, -0.15) is 13.2 Å². The third-order valence-electron chi connectivity index (χ3n) is 6.51. The first kappa shape index (κ1) is 27.2. The summed E-state index contributed by atoms with van der Waals surface area (Å²) in [7, 11) is 0. The van der Waals surface area contributed by atoms with Gasteiger partial charge < -0.3 is 14.4 Å². The molecule has 0 bridgehead atoms. The zero-order valence-corrected chi connectivity index (χ0v) is 21.5. The Labute approximate surface area is 206 Å². The molecular formula is C24H32F3N3O4S. The number of rotatable bonds is 3. The number of halogens is 3. The van der Waals surface area contributed by atoms with Gasteiger partial charge >= 0.3 is 12.1 Å². The monoisotopic (exact) mass is 515 g/mol. The second kappa shape index (κ2) is 9.93. The second-order valence-electron chi connectivity index (χ2n) is 10.2. The number of aryl methyl sites for hydroxylation is 2. The Hall–Kier alpha value is -2.40. The molecule has 2 aliphatic heterocycles. The number of piperidine rings is 1. The topological polar surface area (TPSA) is 86.9 Å². The number of amides is 1. The fraction of sp³-hybridized carbons (Fsp3) is 0.625. The van der Waals surface area contributed by atoms with Crippen molar-refractivity contribution >= 4 is 23.2 Å². The maximum atomic E-state index is 13.3. The van der Waals surface area contributed by atoms with Crippen LogP contribution in [0, 0.1) is 13.8 Å². The normalized spacial score (nSPS) is 20.9. The predicted molar refractivity (Wildman–Crippen MR) is 126 cm³/mol. The van der Waals surface area contributed by atoms with Gasteiger partial charge in [0.1, 0.15) is 11.5 Å². The highest BCUT2D eigenvalue weighted by Gasteiger charge is 2.48. The van der Waals surface area contributed by atoms with Crippen LogP contribution in [-0.2, 0) is 16.8 Å². The van der Waals surface area contributed by atoms with Gasteiger partial charge in [0, 0.05) is 48.2 Å². The van der Waals surface area contributed by atoms with Crippen LogP contribution in [0.1, 0.15) is 71.8 Å². The lowest BCUT2D eigenvalue weighted by molar-refractivity contribution is -0.192. The molecule has 11 heteroatoms. The number of carbonyl (C=O) groups excluding carboxylic acids is 1. The van der Waals surface area contributed by atoms with E-state index in [-0.39, 0.29) is 16.9 Å². The number of thiazole rings is 1. The maximum Gasteiger partial charge on any atom is 0.490 e. The van der Waals surface area contributed by atoms with Crippen molar-refractivity contribution in [2.75, 3.05) is 19.6 Å². The van der Waals surface area contributed by atoms with Gasteiger partial charge in [-0.15, -0.1) is 11.3 Å². The number of alkyl halides is 3. The van der Waals surface area contributed by atoms with Crippen molar-refractivity contribution in [3.8, 4) is 0 Å². The number of likely N-dealkylation sites (tertiary alicyclic amines) is 2. The molecule has 4 rings (SSSR count).